The van der Waals surface area contributed by atoms with Crippen LogP contribution < -0.4 is 5.32 Å². The summed E-state index contributed by atoms with van der Waals surface area (Å²) in [4.78, 5) is 2.92. The Morgan fingerprint density at radius 2 is 2.24 bits per heavy atom. The molecule has 0 bridgehead atoms. The minimum atomic E-state index is 0.142. The standard InChI is InChI=1S/C16H22ClN3S/c1-4-18-15(14-8-11-6-5-7-13(11)21-14)16-12(17)9-19-20(16)10(2)3/h8-10,15,18H,4-7H2,1-3H3. The van der Waals surface area contributed by atoms with Gasteiger partial charge in [0, 0.05) is 15.8 Å². The van der Waals surface area contributed by atoms with Gasteiger partial charge in [-0.3, -0.25) is 4.68 Å². The number of thiophene rings is 1. The molecule has 0 radical (unpaired) electrons. The topological polar surface area (TPSA) is 29.9 Å². The summed E-state index contributed by atoms with van der Waals surface area (Å²) in [6, 6.07) is 2.82. The molecular formula is C16H22ClN3S. The average molecular weight is 324 g/mol. The predicted octanol–water partition coefficient (Wildman–Crippen LogP) is 4.37. The Bertz CT molecular complexity index is 608. The van der Waals surface area contributed by atoms with Crippen LogP contribution in [0.15, 0.2) is 12.3 Å². The van der Waals surface area contributed by atoms with Crippen molar-refractivity contribution in [2.75, 3.05) is 6.54 Å². The molecule has 0 saturated heterocycles. The molecule has 21 heavy (non-hydrogen) atoms. The molecule has 2 aromatic heterocycles. The van der Waals surface area contributed by atoms with E-state index in [0.717, 1.165) is 17.3 Å². The maximum absolute atomic E-state index is 6.45. The molecule has 1 unspecified atom stereocenters. The third kappa shape index (κ3) is 2.77. The van der Waals surface area contributed by atoms with Crippen LogP contribution in [0.5, 0.6) is 0 Å². The molecule has 5 heteroatoms. The Hall–Kier alpha value is -0.840. The zero-order valence-corrected chi connectivity index (χ0v) is 14.4. The van der Waals surface area contributed by atoms with Crippen LogP contribution in [0.25, 0.3) is 0 Å². The molecule has 1 aliphatic carbocycles. The predicted molar refractivity (Wildman–Crippen MR) is 89.5 cm³/mol. The molecular weight excluding hydrogens is 302 g/mol. The molecule has 0 aromatic carbocycles. The Kier molecular flexibility index (Phi) is 4.38. The van der Waals surface area contributed by atoms with Gasteiger partial charge in [0.25, 0.3) is 0 Å². The first kappa shape index (κ1) is 15.1. The Morgan fingerprint density at radius 3 is 2.90 bits per heavy atom. The molecule has 3 rings (SSSR count). The summed E-state index contributed by atoms with van der Waals surface area (Å²) in [6.07, 6.45) is 5.53. The van der Waals surface area contributed by atoms with Crippen molar-refractivity contribution in [1.82, 2.24) is 15.1 Å². The lowest BCUT2D eigenvalue weighted by atomic mass is 10.1. The van der Waals surface area contributed by atoms with Crippen molar-refractivity contribution in [2.24, 2.45) is 0 Å². The highest BCUT2D eigenvalue weighted by molar-refractivity contribution is 7.12. The van der Waals surface area contributed by atoms with E-state index in [2.05, 4.69) is 37.3 Å². The van der Waals surface area contributed by atoms with Crippen molar-refractivity contribution in [3.05, 3.63) is 38.3 Å². The molecule has 1 aliphatic rings. The van der Waals surface area contributed by atoms with Gasteiger partial charge in [-0.05, 0) is 51.3 Å². The van der Waals surface area contributed by atoms with Gasteiger partial charge in [0.15, 0.2) is 0 Å². The largest absolute Gasteiger partial charge is 0.305 e. The lowest BCUT2D eigenvalue weighted by Crippen LogP contribution is -2.25. The number of aryl methyl sites for hydroxylation is 2. The van der Waals surface area contributed by atoms with E-state index in [1.54, 1.807) is 11.1 Å². The smallest absolute Gasteiger partial charge is 0.0857 e. The highest BCUT2D eigenvalue weighted by Gasteiger charge is 2.26. The summed E-state index contributed by atoms with van der Waals surface area (Å²) in [5.41, 5.74) is 2.62. The van der Waals surface area contributed by atoms with Gasteiger partial charge in [0.1, 0.15) is 0 Å². The second-order valence-corrected chi connectivity index (χ2v) is 7.43. The molecule has 3 nitrogen and oxygen atoms in total. The van der Waals surface area contributed by atoms with Crippen molar-refractivity contribution in [3.8, 4) is 0 Å². The van der Waals surface area contributed by atoms with Crippen molar-refractivity contribution in [1.29, 1.82) is 0 Å². The first-order chi connectivity index (χ1) is 10.1. The summed E-state index contributed by atoms with van der Waals surface area (Å²) < 4.78 is 2.04. The molecule has 0 fully saturated rings. The van der Waals surface area contributed by atoms with Crippen LogP contribution >= 0.6 is 22.9 Å². The van der Waals surface area contributed by atoms with Crippen LogP contribution in [0.1, 0.15) is 60.3 Å². The minimum absolute atomic E-state index is 0.142. The zero-order valence-electron chi connectivity index (χ0n) is 12.8. The molecule has 0 spiro atoms. The third-order valence-electron chi connectivity index (χ3n) is 4.01. The van der Waals surface area contributed by atoms with E-state index in [1.165, 1.54) is 29.7 Å². The second-order valence-electron chi connectivity index (χ2n) is 5.86. The third-order valence-corrected chi connectivity index (χ3v) is 5.60. The number of aromatic nitrogens is 2. The Labute approximate surface area is 135 Å². The summed E-state index contributed by atoms with van der Waals surface area (Å²) in [5.74, 6) is 0. The molecule has 1 N–H and O–H groups in total. The highest BCUT2D eigenvalue weighted by Crippen LogP contribution is 2.38. The molecule has 1 atom stereocenters. The molecule has 2 aromatic rings. The van der Waals surface area contributed by atoms with E-state index in [4.69, 9.17) is 11.6 Å². The van der Waals surface area contributed by atoms with Crippen molar-refractivity contribution in [2.45, 2.75) is 52.1 Å². The van der Waals surface area contributed by atoms with E-state index >= 15 is 0 Å². The van der Waals surface area contributed by atoms with Gasteiger partial charge in [0.2, 0.25) is 0 Å². The van der Waals surface area contributed by atoms with Crippen molar-refractivity contribution < 1.29 is 0 Å². The number of fused-ring (bicyclic) bond motifs is 1. The van der Waals surface area contributed by atoms with Gasteiger partial charge < -0.3 is 5.32 Å². The van der Waals surface area contributed by atoms with Crippen LogP contribution in [0, 0.1) is 0 Å². The number of hydrogen-bond acceptors (Lipinski definition) is 3. The Balaban J connectivity index is 2.03. The van der Waals surface area contributed by atoms with Crippen LogP contribution in [-0.2, 0) is 12.8 Å². The summed E-state index contributed by atoms with van der Waals surface area (Å²) in [7, 11) is 0. The number of hydrogen-bond donors (Lipinski definition) is 1. The van der Waals surface area contributed by atoms with E-state index < -0.39 is 0 Å². The van der Waals surface area contributed by atoms with Crippen LogP contribution in [0.4, 0.5) is 0 Å². The van der Waals surface area contributed by atoms with E-state index in [-0.39, 0.29) is 6.04 Å². The SMILES string of the molecule is CCNC(c1cc2c(s1)CCC2)c1c(Cl)cnn1C(C)C. The monoisotopic (exact) mass is 323 g/mol. The summed E-state index contributed by atoms with van der Waals surface area (Å²) in [6.45, 7) is 7.33. The first-order valence-corrected chi connectivity index (χ1v) is 8.89. The van der Waals surface area contributed by atoms with Gasteiger partial charge >= 0.3 is 0 Å². The van der Waals surface area contributed by atoms with Gasteiger partial charge in [-0.25, -0.2) is 0 Å². The fourth-order valence-corrected chi connectivity index (χ4v) is 4.64. The number of halogens is 1. The molecule has 0 saturated carbocycles. The lowest BCUT2D eigenvalue weighted by Gasteiger charge is -2.21. The van der Waals surface area contributed by atoms with Crippen molar-refractivity contribution >= 4 is 22.9 Å². The molecule has 114 valence electrons. The first-order valence-electron chi connectivity index (χ1n) is 7.69. The normalized spacial score (nSPS) is 15.7. The van der Waals surface area contributed by atoms with E-state index in [0.29, 0.717) is 6.04 Å². The number of rotatable bonds is 5. The van der Waals surface area contributed by atoms with Gasteiger partial charge in [-0.15, -0.1) is 11.3 Å². The van der Waals surface area contributed by atoms with Gasteiger partial charge in [-0.2, -0.15) is 5.10 Å². The van der Waals surface area contributed by atoms with E-state index in [1.807, 2.05) is 16.0 Å². The minimum Gasteiger partial charge on any atom is -0.305 e. The summed E-state index contributed by atoms with van der Waals surface area (Å²) in [5, 5.41) is 8.80. The molecule has 0 aliphatic heterocycles. The Morgan fingerprint density at radius 1 is 1.43 bits per heavy atom. The fraction of sp³-hybridized carbons (Fsp3) is 0.562. The van der Waals surface area contributed by atoms with Crippen LogP contribution in [-0.4, -0.2) is 16.3 Å². The molecule has 2 heterocycles. The van der Waals surface area contributed by atoms with Crippen molar-refractivity contribution in [3.63, 3.8) is 0 Å². The number of nitrogens with one attached hydrogen (secondary N) is 1. The highest BCUT2D eigenvalue weighted by atomic mass is 35.5. The fourth-order valence-electron chi connectivity index (χ4n) is 3.06. The maximum atomic E-state index is 6.45. The van der Waals surface area contributed by atoms with Crippen LogP contribution in [0.2, 0.25) is 5.02 Å². The number of nitrogens with zero attached hydrogens (tertiary/aromatic N) is 2. The van der Waals surface area contributed by atoms with Crippen LogP contribution in [0.3, 0.4) is 0 Å². The maximum Gasteiger partial charge on any atom is 0.0857 e. The quantitative estimate of drug-likeness (QED) is 0.885. The zero-order chi connectivity index (χ0) is 15.0. The second kappa shape index (κ2) is 6.11. The van der Waals surface area contributed by atoms with Gasteiger partial charge in [-0.1, -0.05) is 18.5 Å². The molecule has 0 amide bonds. The van der Waals surface area contributed by atoms with E-state index in [9.17, 15) is 0 Å². The lowest BCUT2D eigenvalue weighted by molar-refractivity contribution is 0.478. The van der Waals surface area contributed by atoms with Gasteiger partial charge in [0.05, 0.1) is 23.0 Å². The summed E-state index contributed by atoms with van der Waals surface area (Å²) >= 11 is 8.38. The average Bonchev–Trinajstić information content (AvgIpc) is 3.09.